The lowest BCUT2D eigenvalue weighted by Crippen LogP contribution is -2.12. The normalized spacial score (nSPS) is 12.4. The number of carbonyl (C=O) groups excluding carboxylic acids is 1. The van der Waals surface area contributed by atoms with Crippen molar-refractivity contribution < 1.29 is 19.0 Å². The molecule has 0 radical (unpaired) electrons. The zero-order valence-electron chi connectivity index (χ0n) is 16.3. The van der Waals surface area contributed by atoms with Crippen molar-refractivity contribution in [2.75, 3.05) is 18.5 Å². The molecule has 30 heavy (non-hydrogen) atoms. The van der Waals surface area contributed by atoms with E-state index in [9.17, 15) is 4.79 Å². The van der Waals surface area contributed by atoms with Gasteiger partial charge in [0.25, 0.3) is 5.91 Å². The molecule has 3 aromatic rings. The van der Waals surface area contributed by atoms with Gasteiger partial charge in [0.2, 0.25) is 0 Å². The van der Waals surface area contributed by atoms with Gasteiger partial charge in [0.15, 0.2) is 11.5 Å². The van der Waals surface area contributed by atoms with E-state index in [0.29, 0.717) is 53.9 Å². The molecule has 150 valence electrons. The van der Waals surface area contributed by atoms with Gasteiger partial charge in [-0.3, -0.25) is 4.79 Å². The first-order valence-corrected chi connectivity index (χ1v) is 9.64. The van der Waals surface area contributed by atoms with Crippen LogP contribution < -0.4 is 19.5 Å². The van der Waals surface area contributed by atoms with Crippen LogP contribution in [0.5, 0.6) is 17.2 Å². The number of carbonyl (C=O) groups is 1. The molecule has 0 aromatic heterocycles. The van der Waals surface area contributed by atoms with Gasteiger partial charge in [-0.2, -0.15) is 5.26 Å². The summed E-state index contributed by atoms with van der Waals surface area (Å²) in [5.41, 5.74) is 2.62. The van der Waals surface area contributed by atoms with E-state index in [-0.39, 0.29) is 5.91 Å². The number of anilines is 1. The highest BCUT2D eigenvalue weighted by atomic mass is 16.5. The Hall–Kier alpha value is -3.98. The van der Waals surface area contributed by atoms with Crippen molar-refractivity contribution in [2.24, 2.45) is 0 Å². The van der Waals surface area contributed by atoms with Crippen LogP contribution in [0.2, 0.25) is 0 Å². The minimum atomic E-state index is -0.218. The third-order valence-electron chi connectivity index (χ3n) is 4.58. The van der Waals surface area contributed by atoms with Gasteiger partial charge in [0.05, 0.1) is 24.8 Å². The third kappa shape index (κ3) is 4.70. The summed E-state index contributed by atoms with van der Waals surface area (Å²) in [4.78, 5) is 12.7. The molecule has 1 amide bonds. The summed E-state index contributed by atoms with van der Waals surface area (Å²) in [5.74, 6) is 1.77. The first-order chi connectivity index (χ1) is 14.7. The predicted octanol–water partition coefficient (Wildman–Crippen LogP) is 4.55. The summed E-state index contributed by atoms with van der Waals surface area (Å²) in [6, 6.07) is 21.6. The fourth-order valence-electron chi connectivity index (χ4n) is 3.04. The van der Waals surface area contributed by atoms with E-state index < -0.39 is 0 Å². The van der Waals surface area contributed by atoms with Crippen LogP contribution in [0.25, 0.3) is 0 Å². The average molecular weight is 400 g/mol. The molecule has 0 saturated heterocycles. The van der Waals surface area contributed by atoms with Crippen molar-refractivity contribution in [3.8, 4) is 23.3 Å². The van der Waals surface area contributed by atoms with E-state index in [1.54, 1.807) is 54.6 Å². The fraction of sp³-hybridized carbons (Fsp3) is 0.167. The van der Waals surface area contributed by atoms with Gasteiger partial charge in [0.1, 0.15) is 12.4 Å². The lowest BCUT2D eigenvalue weighted by Gasteiger charge is -2.11. The Bertz CT molecular complexity index is 1090. The monoisotopic (exact) mass is 400 g/mol. The maximum atomic E-state index is 12.7. The summed E-state index contributed by atoms with van der Waals surface area (Å²) in [7, 11) is 0. The molecular formula is C24H20N2O4. The number of amides is 1. The molecule has 4 rings (SSSR count). The number of benzene rings is 3. The molecule has 0 aliphatic carbocycles. The Morgan fingerprint density at radius 2 is 1.80 bits per heavy atom. The number of nitrogens with zero attached hydrogens (tertiary/aromatic N) is 1. The van der Waals surface area contributed by atoms with Crippen LogP contribution in [0.3, 0.4) is 0 Å². The van der Waals surface area contributed by atoms with Crippen LogP contribution in [0.4, 0.5) is 5.69 Å². The summed E-state index contributed by atoms with van der Waals surface area (Å²) < 4.78 is 17.0. The van der Waals surface area contributed by atoms with E-state index in [1.165, 1.54) is 0 Å². The first-order valence-electron chi connectivity index (χ1n) is 9.64. The lowest BCUT2D eigenvalue weighted by atomic mass is 10.1. The van der Waals surface area contributed by atoms with Gasteiger partial charge in [-0.25, -0.2) is 0 Å². The van der Waals surface area contributed by atoms with Gasteiger partial charge < -0.3 is 19.5 Å². The standard InChI is InChI=1S/C24H20N2O4/c25-15-17-5-8-21(9-6-17)30-16-18-3-1-4-19(13-18)24(27)26-20-7-10-22-23(14-20)29-12-2-11-28-22/h1,3-10,13-14H,2,11-12,16H2,(H,26,27). The van der Waals surface area contributed by atoms with Crippen LogP contribution in [0.1, 0.15) is 27.9 Å². The number of ether oxygens (including phenoxy) is 3. The van der Waals surface area contributed by atoms with E-state index >= 15 is 0 Å². The van der Waals surface area contributed by atoms with Crippen LogP contribution in [0, 0.1) is 11.3 Å². The molecule has 0 bridgehead atoms. The lowest BCUT2D eigenvalue weighted by molar-refractivity contribution is 0.102. The molecular weight excluding hydrogens is 380 g/mol. The van der Waals surface area contributed by atoms with Gasteiger partial charge in [-0.05, 0) is 54.1 Å². The highest BCUT2D eigenvalue weighted by Crippen LogP contribution is 2.32. The largest absolute Gasteiger partial charge is 0.490 e. The third-order valence-corrected chi connectivity index (χ3v) is 4.58. The number of fused-ring (bicyclic) bond motifs is 1. The Kier molecular flexibility index (Phi) is 5.81. The van der Waals surface area contributed by atoms with E-state index in [2.05, 4.69) is 11.4 Å². The zero-order chi connectivity index (χ0) is 20.8. The van der Waals surface area contributed by atoms with Gasteiger partial charge in [0, 0.05) is 23.7 Å². The second-order valence-electron chi connectivity index (χ2n) is 6.79. The minimum Gasteiger partial charge on any atom is -0.490 e. The summed E-state index contributed by atoms with van der Waals surface area (Å²) in [6.45, 7) is 1.53. The Balaban J connectivity index is 1.41. The van der Waals surface area contributed by atoms with Crippen molar-refractivity contribution in [3.05, 3.63) is 83.4 Å². The number of hydrogen-bond donors (Lipinski definition) is 1. The summed E-state index contributed by atoms with van der Waals surface area (Å²) in [6.07, 6.45) is 0.827. The Labute approximate surface area is 174 Å². The first kappa shape index (κ1) is 19.3. The summed E-state index contributed by atoms with van der Waals surface area (Å²) >= 11 is 0. The van der Waals surface area contributed by atoms with Crippen molar-refractivity contribution in [3.63, 3.8) is 0 Å². The van der Waals surface area contributed by atoms with Gasteiger partial charge in [-0.1, -0.05) is 12.1 Å². The zero-order valence-corrected chi connectivity index (χ0v) is 16.3. The van der Waals surface area contributed by atoms with Crippen LogP contribution in [-0.4, -0.2) is 19.1 Å². The Morgan fingerprint density at radius 3 is 2.60 bits per heavy atom. The van der Waals surface area contributed by atoms with Gasteiger partial charge in [-0.15, -0.1) is 0 Å². The molecule has 0 spiro atoms. The number of nitriles is 1. The van der Waals surface area contributed by atoms with Crippen molar-refractivity contribution in [1.29, 1.82) is 5.26 Å². The van der Waals surface area contributed by atoms with E-state index in [0.717, 1.165) is 12.0 Å². The number of rotatable bonds is 5. The molecule has 0 saturated carbocycles. The van der Waals surface area contributed by atoms with E-state index in [1.807, 2.05) is 12.1 Å². The predicted molar refractivity (Wildman–Crippen MR) is 112 cm³/mol. The Morgan fingerprint density at radius 1 is 1.00 bits per heavy atom. The van der Waals surface area contributed by atoms with Crippen molar-refractivity contribution in [1.82, 2.24) is 0 Å². The van der Waals surface area contributed by atoms with E-state index in [4.69, 9.17) is 19.5 Å². The fourth-order valence-corrected chi connectivity index (χ4v) is 3.04. The molecule has 0 atom stereocenters. The smallest absolute Gasteiger partial charge is 0.255 e. The molecule has 6 heteroatoms. The highest BCUT2D eigenvalue weighted by Gasteiger charge is 2.13. The molecule has 1 aliphatic rings. The highest BCUT2D eigenvalue weighted by molar-refractivity contribution is 6.04. The molecule has 1 heterocycles. The minimum absolute atomic E-state index is 0.218. The molecule has 0 unspecified atom stereocenters. The number of nitrogens with one attached hydrogen (secondary N) is 1. The second-order valence-corrected chi connectivity index (χ2v) is 6.79. The van der Waals surface area contributed by atoms with Crippen LogP contribution >= 0.6 is 0 Å². The molecule has 6 nitrogen and oxygen atoms in total. The average Bonchev–Trinajstić information content (AvgIpc) is 3.03. The molecule has 0 fully saturated rings. The maximum absolute atomic E-state index is 12.7. The van der Waals surface area contributed by atoms with Crippen LogP contribution in [-0.2, 0) is 6.61 Å². The van der Waals surface area contributed by atoms with Crippen molar-refractivity contribution >= 4 is 11.6 Å². The summed E-state index contributed by atoms with van der Waals surface area (Å²) in [5, 5.41) is 11.8. The molecule has 1 aliphatic heterocycles. The number of hydrogen-bond acceptors (Lipinski definition) is 5. The van der Waals surface area contributed by atoms with Gasteiger partial charge >= 0.3 is 0 Å². The second kappa shape index (κ2) is 9.01. The van der Waals surface area contributed by atoms with Crippen molar-refractivity contribution in [2.45, 2.75) is 13.0 Å². The molecule has 3 aromatic carbocycles. The SMILES string of the molecule is N#Cc1ccc(OCc2cccc(C(=O)Nc3ccc4c(c3)OCCCO4)c2)cc1. The maximum Gasteiger partial charge on any atom is 0.255 e. The van der Waals surface area contributed by atoms with Crippen LogP contribution in [0.15, 0.2) is 66.7 Å². The molecule has 1 N–H and O–H groups in total. The topological polar surface area (TPSA) is 80.6 Å². The quantitative estimate of drug-likeness (QED) is 0.680.